The number of aliphatic carboxylic acids is 1. The summed E-state index contributed by atoms with van der Waals surface area (Å²) in [6, 6.07) is 32.9. The first-order valence-corrected chi connectivity index (χ1v) is 19.0. The molecular weight excluding hydrogens is 877 g/mol. The van der Waals surface area contributed by atoms with E-state index in [2.05, 4.69) is 56.5 Å². The Morgan fingerprint density at radius 2 is 1.27 bits per heavy atom. The Kier molecular flexibility index (Phi) is 26.7. The number of hydrogen-bond acceptors (Lipinski definition) is 10. The van der Waals surface area contributed by atoms with Gasteiger partial charge in [0.15, 0.2) is 0 Å². The molecule has 0 fully saturated rings. The number of anilines is 2. The van der Waals surface area contributed by atoms with Crippen LogP contribution in [0.1, 0.15) is 59.8 Å². The normalized spacial score (nSPS) is 10.8. The summed E-state index contributed by atoms with van der Waals surface area (Å²) in [4.78, 5) is 85.5. The molecule has 4 amide bonds. The van der Waals surface area contributed by atoms with E-state index >= 15 is 0 Å². The predicted octanol–water partition coefficient (Wildman–Crippen LogP) is 5.59. The third-order valence-electron chi connectivity index (χ3n) is 8.96. The van der Waals surface area contributed by atoms with Crippen LogP contribution in [0.15, 0.2) is 128 Å². The zero-order valence-corrected chi connectivity index (χ0v) is 35.9. The second-order valence-corrected chi connectivity index (χ2v) is 13.3. The number of amides is 4. The van der Waals surface area contributed by atoms with Crippen LogP contribution in [0, 0.1) is 6.92 Å². The summed E-state index contributed by atoms with van der Waals surface area (Å²) in [6.07, 6.45) is 4.90. The van der Waals surface area contributed by atoms with Crippen molar-refractivity contribution in [1.82, 2.24) is 25.5 Å². The Morgan fingerprint density at radius 1 is 0.710 bits per heavy atom. The van der Waals surface area contributed by atoms with Crippen molar-refractivity contribution in [3.8, 4) is 0 Å². The standard InChI is InChI=1S/C43H47N7O5.CHO.2CO.Tc/c1-31-13-5-6-18-37(31)49-43(55)46-34-22-20-32(21-23-34)27-40(51)47-38(42(54)48-39(28-41(52)53)33-14-3-2-4-15-33)19-9-12-26-50(29-35-16-7-10-24-44-35)30-36-17-8-11-25-45-36;3*1-2;/h2-8,10-11,13-18,20-25,38-39H,9,12,19,26-30H2,1H3,(H,47,51)(H,48,54)(H,52,53)(H2,46,49,55);1H;;;/q;+1;2*-1;/t38-,39-;;;;/m0..../s1. The maximum atomic E-state index is 13.8. The number of carbonyl (C=O) groups excluding carboxylic acids is 6. The second kappa shape index (κ2) is 31.1. The molecule has 3 aromatic carbocycles. The van der Waals surface area contributed by atoms with Crippen molar-refractivity contribution in [3.05, 3.63) is 156 Å². The second-order valence-electron chi connectivity index (χ2n) is 13.3. The predicted molar refractivity (Wildman–Crippen MR) is 230 cm³/mol. The van der Waals surface area contributed by atoms with Crippen molar-refractivity contribution >= 4 is 55.6 Å². The molecule has 0 unspecified atom stereocenters. The van der Waals surface area contributed by atoms with Gasteiger partial charge in [-0.25, -0.2) is 4.79 Å². The molecule has 2 heterocycles. The Balaban J connectivity index is 0.00000263. The molecule has 3 radical (unpaired) electrons. The average Bonchev–Trinajstić information content (AvgIpc) is 3.29. The molecule has 5 N–H and O–H groups in total. The third kappa shape index (κ3) is 19.9. The largest absolute Gasteiger partial charge is 0.573 e. The van der Waals surface area contributed by atoms with E-state index in [1.54, 1.807) is 60.9 Å². The first-order valence-electron chi connectivity index (χ1n) is 19.0. The quantitative estimate of drug-likeness (QED) is 0.0391. The maximum Gasteiger partial charge on any atom is 0.490 e. The number of rotatable bonds is 19. The van der Waals surface area contributed by atoms with Crippen molar-refractivity contribution in [2.24, 2.45) is 0 Å². The number of nitrogens with one attached hydrogen (secondary N) is 4. The molecule has 0 aliphatic rings. The molecule has 0 bridgehead atoms. The summed E-state index contributed by atoms with van der Waals surface area (Å²) in [5.74, 6) is -1.87. The Labute approximate surface area is 375 Å². The first-order chi connectivity index (χ1) is 29.7. The van der Waals surface area contributed by atoms with Gasteiger partial charge in [-0.05, 0) is 91.9 Å². The maximum absolute atomic E-state index is 13.8. The van der Waals surface area contributed by atoms with Crippen LogP contribution in [0.2, 0.25) is 0 Å². The van der Waals surface area contributed by atoms with E-state index in [0.717, 1.165) is 23.4 Å². The first kappa shape index (κ1) is 53.2. The summed E-state index contributed by atoms with van der Waals surface area (Å²) in [5, 5.41) is 21.1. The molecule has 5 rings (SSSR count). The van der Waals surface area contributed by atoms with Crippen molar-refractivity contribution in [2.45, 2.75) is 64.2 Å². The van der Waals surface area contributed by atoms with Gasteiger partial charge in [0.25, 0.3) is 0 Å². The van der Waals surface area contributed by atoms with Crippen LogP contribution in [-0.4, -0.2) is 76.7 Å². The molecule has 2 aromatic heterocycles. The van der Waals surface area contributed by atoms with Crippen molar-refractivity contribution in [3.63, 3.8) is 0 Å². The molecular formula is C46H48N7O8Tc-. The van der Waals surface area contributed by atoms with Crippen molar-refractivity contribution in [1.29, 1.82) is 0 Å². The molecule has 16 heteroatoms. The van der Waals surface area contributed by atoms with Crippen molar-refractivity contribution in [2.75, 3.05) is 17.2 Å². The van der Waals surface area contributed by atoms with Gasteiger partial charge in [-0.15, -0.1) is 0 Å². The van der Waals surface area contributed by atoms with Gasteiger partial charge in [-0.2, -0.15) is 0 Å². The number of aromatic nitrogens is 2. The van der Waals surface area contributed by atoms with Gasteiger partial charge >= 0.3 is 18.8 Å². The van der Waals surface area contributed by atoms with Gasteiger partial charge in [0, 0.05) is 61.8 Å². The molecule has 0 aliphatic heterocycles. The summed E-state index contributed by atoms with van der Waals surface area (Å²) < 4.78 is 0. The smallest absolute Gasteiger partial charge is 0.490 e. The minimum absolute atomic E-state index is 0. The molecule has 0 saturated heterocycles. The van der Waals surface area contributed by atoms with Crippen molar-refractivity contribution < 1.29 is 58.8 Å². The molecule has 0 spiro atoms. The fraction of sp³-hybridized carbons (Fsp3) is 0.239. The molecule has 0 aliphatic carbocycles. The van der Waals surface area contributed by atoms with Gasteiger partial charge in [0.1, 0.15) is 6.04 Å². The van der Waals surface area contributed by atoms with Crippen LogP contribution in [-0.2, 0) is 68.4 Å². The average molecular weight is 925 g/mol. The van der Waals surface area contributed by atoms with Gasteiger partial charge < -0.3 is 49.5 Å². The summed E-state index contributed by atoms with van der Waals surface area (Å²) in [7, 11) is 0. The van der Waals surface area contributed by atoms with E-state index in [0.29, 0.717) is 55.0 Å². The van der Waals surface area contributed by atoms with Crippen LogP contribution in [0.5, 0.6) is 0 Å². The number of hydrogen-bond donors (Lipinski definition) is 5. The number of carbonyl (C=O) groups is 4. The van der Waals surface area contributed by atoms with E-state index in [-0.39, 0.29) is 44.9 Å². The van der Waals surface area contributed by atoms with Crippen LogP contribution >= 0.6 is 0 Å². The number of carboxylic acids is 1. The number of pyridine rings is 2. The van der Waals surface area contributed by atoms with E-state index in [9.17, 15) is 24.3 Å². The van der Waals surface area contributed by atoms with E-state index in [1.165, 1.54) is 0 Å². The minimum Gasteiger partial charge on any atom is -0.573 e. The van der Waals surface area contributed by atoms with E-state index in [4.69, 9.17) is 14.4 Å². The zero-order valence-electron chi connectivity index (χ0n) is 34.0. The number of carboxylic acid groups (broad SMARTS) is 1. The topological polar surface area (TPSA) is 217 Å². The molecule has 2 atom stereocenters. The van der Waals surface area contributed by atoms with E-state index in [1.807, 2.05) is 73.7 Å². The van der Waals surface area contributed by atoms with Crippen LogP contribution in [0.3, 0.4) is 0 Å². The van der Waals surface area contributed by atoms with Crippen LogP contribution in [0.4, 0.5) is 16.2 Å². The number of nitrogens with zero attached hydrogens (tertiary/aromatic N) is 3. The van der Waals surface area contributed by atoms with Crippen LogP contribution in [0.25, 0.3) is 0 Å². The molecule has 323 valence electrons. The molecule has 0 saturated carbocycles. The summed E-state index contributed by atoms with van der Waals surface area (Å²) in [6.45, 7) is 16.1. The van der Waals surface area contributed by atoms with E-state index < -0.39 is 24.0 Å². The monoisotopic (exact) mass is 923 g/mol. The number of benzene rings is 3. The Bertz CT molecular complexity index is 2000. The zero-order chi connectivity index (χ0) is 44.8. The molecule has 62 heavy (non-hydrogen) atoms. The Hall–Kier alpha value is -6.83. The third-order valence-corrected chi connectivity index (χ3v) is 8.96. The fourth-order valence-corrected chi connectivity index (χ4v) is 6.13. The van der Waals surface area contributed by atoms with Gasteiger partial charge in [0.05, 0.1) is 30.3 Å². The van der Waals surface area contributed by atoms with Crippen LogP contribution < -0.4 is 21.3 Å². The van der Waals surface area contributed by atoms with Gasteiger partial charge in [0.2, 0.25) is 11.8 Å². The minimum atomic E-state index is -1.05. The van der Waals surface area contributed by atoms with Gasteiger partial charge in [-0.3, -0.25) is 29.3 Å². The van der Waals surface area contributed by atoms with Gasteiger partial charge in [-0.1, -0.05) is 72.8 Å². The summed E-state index contributed by atoms with van der Waals surface area (Å²) >= 11 is 0. The molecule has 15 nitrogen and oxygen atoms in total. The number of para-hydroxylation sites is 1. The SMILES string of the molecule is Cc1ccccc1NC(=O)Nc1ccc(CC(=O)N[C@@H](CCCCN(Cc2ccccn2)Cc2ccccn2)C(=O)N[C@@H](CC(=O)O)c2ccccc2)cc1.[C-]=O.[C-]=O.[CH+]=O.[Tc]. The Morgan fingerprint density at radius 3 is 1.82 bits per heavy atom. The fourth-order valence-electron chi connectivity index (χ4n) is 6.13. The number of unbranched alkanes of at least 4 members (excludes halogenated alkanes) is 1. The number of urea groups is 1. The molecule has 5 aromatic rings. The number of aryl methyl sites for hydroxylation is 1. The summed E-state index contributed by atoms with van der Waals surface area (Å²) in [5.41, 5.74) is 5.41.